The second-order valence-electron chi connectivity index (χ2n) is 3.74. The van der Waals surface area contributed by atoms with Gasteiger partial charge in [-0.15, -0.1) is 0 Å². The van der Waals surface area contributed by atoms with Crippen molar-refractivity contribution < 1.29 is 13.2 Å². The standard InChI is InChI=1S/C13H11F3N2/c14-13(15,16)12(10-6-2-1-3-7-10)18-11-8-4-5-9-17-11/h1-9,12H,(H,17,18)/t12-/m1/s1. The Morgan fingerprint density at radius 2 is 1.61 bits per heavy atom. The monoisotopic (exact) mass is 252 g/mol. The molecule has 1 aromatic heterocycles. The summed E-state index contributed by atoms with van der Waals surface area (Å²) >= 11 is 0. The van der Waals surface area contributed by atoms with Crippen LogP contribution in [0.5, 0.6) is 0 Å². The number of alkyl halides is 3. The highest BCUT2D eigenvalue weighted by molar-refractivity contribution is 5.38. The van der Waals surface area contributed by atoms with E-state index in [1.807, 2.05) is 0 Å². The van der Waals surface area contributed by atoms with E-state index in [0.717, 1.165) is 0 Å². The van der Waals surface area contributed by atoms with Gasteiger partial charge in [0.15, 0.2) is 0 Å². The third-order valence-electron chi connectivity index (χ3n) is 2.42. The minimum absolute atomic E-state index is 0.163. The second-order valence-corrected chi connectivity index (χ2v) is 3.74. The minimum atomic E-state index is -4.38. The molecule has 2 nitrogen and oxygen atoms in total. The topological polar surface area (TPSA) is 24.9 Å². The molecule has 0 radical (unpaired) electrons. The Hall–Kier alpha value is -2.04. The van der Waals surface area contributed by atoms with Gasteiger partial charge in [0.2, 0.25) is 0 Å². The first kappa shape index (κ1) is 12.4. The lowest BCUT2D eigenvalue weighted by atomic mass is 10.1. The summed E-state index contributed by atoms with van der Waals surface area (Å²) in [7, 11) is 0. The summed E-state index contributed by atoms with van der Waals surface area (Å²) in [4.78, 5) is 3.85. The quantitative estimate of drug-likeness (QED) is 0.898. The SMILES string of the molecule is FC(F)(F)[C@H](Nc1ccccn1)c1ccccc1. The summed E-state index contributed by atoms with van der Waals surface area (Å²) < 4.78 is 39.0. The normalized spacial score (nSPS) is 13.1. The number of nitrogens with one attached hydrogen (secondary N) is 1. The van der Waals surface area contributed by atoms with Crippen molar-refractivity contribution in [2.24, 2.45) is 0 Å². The largest absolute Gasteiger partial charge is 0.412 e. The molecule has 0 aliphatic carbocycles. The van der Waals surface area contributed by atoms with Gasteiger partial charge in [0.1, 0.15) is 11.9 Å². The first-order valence-electron chi connectivity index (χ1n) is 5.36. The van der Waals surface area contributed by atoms with Crippen LogP contribution in [0.4, 0.5) is 19.0 Å². The van der Waals surface area contributed by atoms with E-state index in [2.05, 4.69) is 10.3 Å². The molecule has 18 heavy (non-hydrogen) atoms. The van der Waals surface area contributed by atoms with Crippen LogP contribution in [0.15, 0.2) is 54.7 Å². The molecule has 0 saturated carbocycles. The van der Waals surface area contributed by atoms with Gasteiger partial charge in [-0.2, -0.15) is 13.2 Å². The maximum atomic E-state index is 13.0. The van der Waals surface area contributed by atoms with Gasteiger partial charge < -0.3 is 5.32 Å². The Morgan fingerprint density at radius 3 is 2.17 bits per heavy atom. The summed E-state index contributed by atoms with van der Waals surface area (Å²) in [5.74, 6) is 0.198. The zero-order chi connectivity index (χ0) is 13.0. The smallest absolute Gasteiger partial charge is 0.355 e. The lowest BCUT2D eigenvalue weighted by molar-refractivity contribution is -0.144. The minimum Gasteiger partial charge on any atom is -0.355 e. The van der Waals surface area contributed by atoms with Gasteiger partial charge in [-0.1, -0.05) is 36.4 Å². The molecule has 1 N–H and O–H groups in total. The van der Waals surface area contributed by atoms with E-state index in [0.29, 0.717) is 0 Å². The van der Waals surface area contributed by atoms with Crippen molar-refractivity contribution in [1.82, 2.24) is 4.98 Å². The molecule has 94 valence electrons. The molecule has 2 aromatic rings. The number of benzene rings is 1. The average Bonchev–Trinajstić information content (AvgIpc) is 2.37. The Bertz CT molecular complexity index is 483. The number of nitrogens with zero attached hydrogens (tertiary/aromatic N) is 1. The van der Waals surface area contributed by atoms with Crippen LogP contribution in [0.2, 0.25) is 0 Å². The van der Waals surface area contributed by atoms with Gasteiger partial charge in [0.05, 0.1) is 0 Å². The summed E-state index contributed by atoms with van der Waals surface area (Å²) in [6.07, 6.45) is -2.93. The van der Waals surface area contributed by atoms with E-state index in [9.17, 15) is 13.2 Å². The van der Waals surface area contributed by atoms with E-state index in [-0.39, 0.29) is 11.4 Å². The fourth-order valence-electron chi connectivity index (χ4n) is 1.60. The number of rotatable bonds is 3. The van der Waals surface area contributed by atoms with Crippen LogP contribution in [0.25, 0.3) is 0 Å². The Kier molecular flexibility index (Phi) is 3.50. The lowest BCUT2D eigenvalue weighted by Gasteiger charge is -2.22. The van der Waals surface area contributed by atoms with E-state index in [1.165, 1.54) is 24.4 Å². The van der Waals surface area contributed by atoms with Gasteiger partial charge in [0, 0.05) is 6.20 Å². The van der Waals surface area contributed by atoms with Crippen LogP contribution in [-0.2, 0) is 0 Å². The van der Waals surface area contributed by atoms with Gasteiger partial charge in [0.25, 0.3) is 0 Å². The molecule has 0 aliphatic rings. The maximum absolute atomic E-state index is 13.0. The van der Waals surface area contributed by atoms with E-state index in [1.54, 1.807) is 30.3 Å². The molecule has 0 unspecified atom stereocenters. The van der Waals surface area contributed by atoms with Crippen LogP contribution in [0, 0.1) is 0 Å². The zero-order valence-corrected chi connectivity index (χ0v) is 9.35. The predicted molar refractivity (Wildman–Crippen MR) is 63.1 cm³/mol. The van der Waals surface area contributed by atoms with Crippen molar-refractivity contribution >= 4 is 5.82 Å². The maximum Gasteiger partial charge on any atom is 0.412 e. The Balaban J connectivity index is 2.28. The number of hydrogen-bond donors (Lipinski definition) is 1. The zero-order valence-electron chi connectivity index (χ0n) is 9.35. The molecule has 0 amide bonds. The predicted octanol–water partition coefficient (Wildman–Crippen LogP) is 3.80. The number of hydrogen-bond acceptors (Lipinski definition) is 2. The number of anilines is 1. The molecule has 0 spiro atoms. The third kappa shape index (κ3) is 3.00. The second kappa shape index (κ2) is 5.08. The van der Waals surface area contributed by atoms with Crippen molar-refractivity contribution in [2.75, 3.05) is 5.32 Å². The van der Waals surface area contributed by atoms with E-state index in [4.69, 9.17) is 0 Å². The molecule has 2 rings (SSSR count). The molecule has 0 aliphatic heterocycles. The summed E-state index contributed by atoms with van der Waals surface area (Å²) in [6.45, 7) is 0. The first-order valence-corrected chi connectivity index (χ1v) is 5.36. The summed E-state index contributed by atoms with van der Waals surface area (Å²) in [5.41, 5.74) is 0.163. The molecule has 1 atom stereocenters. The number of aromatic nitrogens is 1. The molecule has 0 fully saturated rings. The van der Waals surface area contributed by atoms with Crippen LogP contribution in [-0.4, -0.2) is 11.2 Å². The first-order chi connectivity index (χ1) is 8.57. The molecule has 0 saturated heterocycles. The average molecular weight is 252 g/mol. The van der Waals surface area contributed by atoms with Crippen molar-refractivity contribution in [1.29, 1.82) is 0 Å². The highest BCUT2D eigenvalue weighted by Gasteiger charge is 2.40. The van der Waals surface area contributed by atoms with Crippen molar-refractivity contribution in [3.63, 3.8) is 0 Å². The Morgan fingerprint density at radius 1 is 0.944 bits per heavy atom. The van der Waals surface area contributed by atoms with Gasteiger partial charge >= 0.3 is 6.18 Å². The molecule has 5 heteroatoms. The highest BCUT2D eigenvalue weighted by Crippen LogP contribution is 2.34. The summed E-state index contributed by atoms with van der Waals surface area (Å²) in [6, 6.07) is 10.7. The fraction of sp³-hybridized carbons (Fsp3) is 0.154. The number of pyridine rings is 1. The number of halogens is 3. The fourth-order valence-corrected chi connectivity index (χ4v) is 1.60. The summed E-state index contributed by atoms with van der Waals surface area (Å²) in [5, 5.41) is 2.40. The molecule has 1 aromatic carbocycles. The van der Waals surface area contributed by atoms with E-state index < -0.39 is 12.2 Å². The molecular weight excluding hydrogens is 241 g/mol. The Labute approximate surface area is 102 Å². The van der Waals surface area contributed by atoms with Crippen molar-refractivity contribution in [3.8, 4) is 0 Å². The van der Waals surface area contributed by atoms with Crippen molar-refractivity contribution in [3.05, 3.63) is 60.3 Å². The van der Waals surface area contributed by atoms with Gasteiger partial charge in [-0.25, -0.2) is 4.98 Å². The van der Waals surface area contributed by atoms with Crippen molar-refractivity contribution in [2.45, 2.75) is 12.2 Å². The lowest BCUT2D eigenvalue weighted by Crippen LogP contribution is -2.28. The van der Waals surface area contributed by atoms with Crippen LogP contribution in [0.1, 0.15) is 11.6 Å². The van der Waals surface area contributed by atoms with Gasteiger partial charge in [-0.3, -0.25) is 0 Å². The van der Waals surface area contributed by atoms with Gasteiger partial charge in [-0.05, 0) is 17.7 Å². The molecular formula is C13H11F3N2. The highest BCUT2D eigenvalue weighted by atomic mass is 19.4. The van der Waals surface area contributed by atoms with Crippen LogP contribution >= 0.6 is 0 Å². The van der Waals surface area contributed by atoms with E-state index >= 15 is 0 Å². The van der Waals surface area contributed by atoms with Crippen LogP contribution in [0.3, 0.4) is 0 Å². The third-order valence-corrected chi connectivity index (χ3v) is 2.42. The molecule has 0 bridgehead atoms. The molecule has 1 heterocycles. The van der Waals surface area contributed by atoms with Crippen LogP contribution < -0.4 is 5.32 Å².